The Labute approximate surface area is 195 Å². The van der Waals surface area contributed by atoms with Crippen LogP contribution >= 0.6 is 0 Å². The lowest BCUT2D eigenvalue weighted by Gasteiger charge is -2.52. The van der Waals surface area contributed by atoms with E-state index in [1.54, 1.807) is 20.8 Å². The highest BCUT2D eigenvalue weighted by Gasteiger charge is 2.83. The fourth-order valence-corrected chi connectivity index (χ4v) is 8.86. The zero-order valence-electron chi connectivity index (χ0n) is 20.5. The molecule has 0 aromatic heterocycles. The van der Waals surface area contributed by atoms with Gasteiger partial charge in [-0.2, -0.15) is 0 Å². The number of aliphatic hydroxyl groups is 5. The van der Waals surface area contributed by atoms with E-state index in [0.717, 1.165) is 0 Å². The summed E-state index contributed by atoms with van der Waals surface area (Å²) in [7, 11) is 0. The van der Waals surface area contributed by atoms with Crippen molar-refractivity contribution in [2.24, 2.45) is 34.5 Å². The summed E-state index contributed by atoms with van der Waals surface area (Å²) in [5.74, 6) is -2.76. The third-order valence-electron chi connectivity index (χ3n) is 10.7. The topological polar surface area (TPSA) is 140 Å². The number of epoxide rings is 1. The third kappa shape index (κ3) is 2.77. The summed E-state index contributed by atoms with van der Waals surface area (Å²) in [6.07, 6.45) is -1.89. The Hall–Kier alpha value is -0.770. The van der Waals surface area contributed by atoms with E-state index in [-0.39, 0.29) is 31.0 Å². The van der Waals surface area contributed by atoms with Gasteiger partial charge in [0.2, 0.25) is 0 Å². The second-order valence-electron chi connectivity index (χ2n) is 12.9. The molecule has 5 fully saturated rings. The van der Waals surface area contributed by atoms with Crippen molar-refractivity contribution in [1.82, 2.24) is 0 Å². The molecule has 1 aliphatic heterocycles. The second kappa shape index (κ2) is 6.71. The molecule has 188 valence electrons. The number of fused-ring (bicyclic) bond motifs is 4. The average molecular weight is 469 g/mol. The molecule has 1 saturated heterocycles. The molecule has 4 saturated carbocycles. The number of hydrogen-bond acceptors (Lipinski definition) is 8. The van der Waals surface area contributed by atoms with Gasteiger partial charge in [-0.25, -0.2) is 0 Å². The third-order valence-corrected chi connectivity index (χ3v) is 10.7. The molecule has 0 aromatic rings. The minimum Gasteiger partial charge on any atom is -0.461 e. The quantitative estimate of drug-likeness (QED) is 0.302. The van der Waals surface area contributed by atoms with Crippen molar-refractivity contribution in [2.45, 2.75) is 115 Å². The lowest BCUT2D eigenvalue weighted by Crippen LogP contribution is -2.63. The van der Waals surface area contributed by atoms with Gasteiger partial charge in [0.1, 0.15) is 11.7 Å². The molecule has 13 atom stereocenters. The molecular weight excluding hydrogens is 428 g/mol. The molecule has 1 spiro atoms. The van der Waals surface area contributed by atoms with E-state index in [2.05, 4.69) is 0 Å². The number of carbonyl (C=O) groups is 1. The van der Waals surface area contributed by atoms with Gasteiger partial charge in [-0.1, -0.05) is 13.8 Å². The normalized spacial score (nSPS) is 57.8. The number of rotatable bonds is 3. The summed E-state index contributed by atoms with van der Waals surface area (Å²) < 4.78 is 11.9. The Kier molecular flexibility index (Phi) is 4.87. The van der Waals surface area contributed by atoms with E-state index >= 15 is 0 Å². The molecule has 33 heavy (non-hydrogen) atoms. The monoisotopic (exact) mass is 468 g/mol. The van der Waals surface area contributed by atoms with Crippen molar-refractivity contribution >= 4 is 5.97 Å². The molecule has 13 unspecified atom stereocenters. The number of esters is 1. The molecule has 0 aromatic carbocycles. The van der Waals surface area contributed by atoms with Crippen LogP contribution in [0.15, 0.2) is 0 Å². The van der Waals surface area contributed by atoms with E-state index in [1.165, 1.54) is 6.92 Å². The molecule has 4 aliphatic carbocycles. The minimum absolute atomic E-state index is 0.108. The van der Waals surface area contributed by atoms with Gasteiger partial charge in [-0.05, 0) is 59.3 Å². The van der Waals surface area contributed by atoms with E-state index < -0.39 is 69.7 Å². The lowest BCUT2D eigenvalue weighted by atomic mass is 9.57. The SMILES string of the molecule is CC(O)C(C)C(=O)OC1C2CCC3C(C)(O)C4C5OC5C(C)(C)C4(O)C(O)CC13CC2(C)O. The van der Waals surface area contributed by atoms with Gasteiger partial charge in [0.05, 0.1) is 41.5 Å². The first kappa shape index (κ1) is 23.9. The number of hydrogen-bond donors (Lipinski definition) is 5. The average Bonchev–Trinajstić information content (AvgIpc) is 3.42. The van der Waals surface area contributed by atoms with E-state index in [1.807, 2.05) is 13.8 Å². The van der Waals surface area contributed by atoms with Crippen LogP contribution in [0.4, 0.5) is 0 Å². The Morgan fingerprint density at radius 1 is 1.09 bits per heavy atom. The van der Waals surface area contributed by atoms with Gasteiger partial charge in [0.25, 0.3) is 0 Å². The van der Waals surface area contributed by atoms with Crippen molar-refractivity contribution in [1.29, 1.82) is 0 Å². The highest BCUT2D eigenvalue weighted by atomic mass is 16.6. The number of carbonyl (C=O) groups excluding carboxylic acids is 1. The molecule has 1 heterocycles. The van der Waals surface area contributed by atoms with Crippen molar-refractivity contribution in [3.8, 4) is 0 Å². The Morgan fingerprint density at radius 3 is 2.33 bits per heavy atom. The Balaban J connectivity index is 1.62. The molecule has 5 N–H and O–H groups in total. The van der Waals surface area contributed by atoms with Crippen LogP contribution in [0.1, 0.15) is 67.2 Å². The first-order valence-corrected chi connectivity index (χ1v) is 12.4. The van der Waals surface area contributed by atoms with Crippen LogP contribution in [-0.2, 0) is 14.3 Å². The number of aliphatic hydroxyl groups excluding tert-OH is 2. The Morgan fingerprint density at radius 2 is 1.73 bits per heavy atom. The smallest absolute Gasteiger partial charge is 0.311 e. The number of ether oxygens (including phenoxy) is 2. The van der Waals surface area contributed by atoms with Crippen LogP contribution in [0.3, 0.4) is 0 Å². The van der Waals surface area contributed by atoms with Crippen LogP contribution in [-0.4, -0.2) is 78.8 Å². The summed E-state index contributed by atoms with van der Waals surface area (Å²) >= 11 is 0. The zero-order valence-corrected chi connectivity index (χ0v) is 20.5. The maximum absolute atomic E-state index is 12.9. The van der Waals surface area contributed by atoms with Crippen LogP contribution in [0.25, 0.3) is 0 Å². The van der Waals surface area contributed by atoms with E-state index in [0.29, 0.717) is 12.8 Å². The van der Waals surface area contributed by atoms with Gasteiger partial charge in [0.15, 0.2) is 0 Å². The molecule has 0 radical (unpaired) electrons. The molecule has 0 amide bonds. The summed E-state index contributed by atoms with van der Waals surface area (Å²) in [6, 6.07) is 0. The van der Waals surface area contributed by atoms with Crippen LogP contribution < -0.4 is 0 Å². The molecular formula is C25H40O8. The maximum atomic E-state index is 12.9. The molecule has 8 nitrogen and oxygen atoms in total. The minimum atomic E-state index is -1.58. The largest absolute Gasteiger partial charge is 0.461 e. The Bertz CT molecular complexity index is 851. The molecule has 2 bridgehead atoms. The van der Waals surface area contributed by atoms with E-state index in [4.69, 9.17) is 9.47 Å². The van der Waals surface area contributed by atoms with Crippen LogP contribution in [0, 0.1) is 34.5 Å². The van der Waals surface area contributed by atoms with Crippen molar-refractivity contribution < 1.29 is 39.8 Å². The highest BCUT2D eigenvalue weighted by molar-refractivity contribution is 5.73. The summed E-state index contributed by atoms with van der Waals surface area (Å²) in [5, 5.41) is 57.2. The molecule has 8 heteroatoms. The first-order valence-electron chi connectivity index (χ1n) is 12.4. The van der Waals surface area contributed by atoms with Crippen molar-refractivity contribution in [3.05, 3.63) is 0 Å². The van der Waals surface area contributed by atoms with Crippen LogP contribution in [0.2, 0.25) is 0 Å². The second-order valence-corrected chi connectivity index (χ2v) is 12.9. The van der Waals surface area contributed by atoms with E-state index in [9.17, 15) is 30.3 Å². The van der Waals surface area contributed by atoms with Crippen LogP contribution in [0.5, 0.6) is 0 Å². The summed E-state index contributed by atoms with van der Waals surface area (Å²) in [6.45, 7) is 10.3. The predicted octanol–water partition coefficient (Wildman–Crippen LogP) is 0.752. The fourth-order valence-electron chi connectivity index (χ4n) is 8.86. The fraction of sp³-hybridized carbons (Fsp3) is 0.960. The maximum Gasteiger partial charge on any atom is 0.311 e. The standard InChI is InChI=1S/C25H40O8/c1-11(12(2)26)20(28)33-18-13-7-8-14-23(6,30)17-16-19(32-16)21(3,4)25(17,31)15(27)9-24(14,18)10-22(13,5)29/h11-19,26-27,29-31H,7-10H2,1-6H3. The van der Waals surface area contributed by atoms with Gasteiger partial charge in [0, 0.05) is 22.7 Å². The highest BCUT2D eigenvalue weighted by Crippen LogP contribution is 2.73. The molecule has 5 aliphatic rings. The van der Waals surface area contributed by atoms with Gasteiger partial charge >= 0.3 is 5.97 Å². The lowest BCUT2D eigenvalue weighted by molar-refractivity contribution is -0.223. The first-order chi connectivity index (χ1) is 15.0. The zero-order chi connectivity index (χ0) is 24.5. The molecule has 5 rings (SSSR count). The summed E-state index contributed by atoms with van der Waals surface area (Å²) in [5.41, 5.74) is -5.83. The predicted molar refractivity (Wildman–Crippen MR) is 117 cm³/mol. The van der Waals surface area contributed by atoms with Gasteiger partial charge in [-0.3, -0.25) is 4.79 Å². The van der Waals surface area contributed by atoms with Gasteiger partial charge < -0.3 is 35.0 Å². The van der Waals surface area contributed by atoms with Crippen molar-refractivity contribution in [2.75, 3.05) is 0 Å². The van der Waals surface area contributed by atoms with Crippen molar-refractivity contribution in [3.63, 3.8) is 0 Å². The summed E-state index contributed by atoms with van der Waals surface area (Å²) in [4.78, 5) is 12.9. The van der Waals surface area contributed by atoms with Gasteiger partial charge in [-0.15, -0.1) is 0 Å².